The van der Waals surface area contributed by atoms with E-state index in [1.54, 1.807) is 0 Å². The van der Waals surface area contributed by atoms with Gasteiger partial charge in [-0.15, -0.1) is 0 Å². The number of hydrogen-bond acceptors (Lipinski definition) is 6. The number of carbonyl (C=O) groups is 3. The third-order valence-electron chi connectivity index (χ3n) is 11.1. The molecule has 0 aliphatic heterocycles. The summed E-state index contributed by atoms with van der Waals surface area (Å²) >= 11 is 0. The minimum atomic E-state index is -0.779. The maximum atomic E-state index is 12.8. The zero-order chi connectivity index (χ0) is 43.7. The predicted octanol–water partition coefficient (Wildman–Crippen LogP) is 16.7. The Labute approximate surface area is 371 Å². The van der Waals surface area contributed by atoms with Crippen molar-refractivity contribution >= 4 is 17.9 Å². The summed E-state index contributed by atoms with van der Waals surface area (Å²) in [6, 6.07) is 0. The van der Waals surface area contributed by atoms with E-state index < -0.39 is 6.10 Å². The predicted molar refractivity (Wildman–Crippen MR) is 256 cm³/mol. The van der Waals surface area contributed by atoms with Gasteiger partial charge in [0, 0.05) is 19.3 Å². The Morgan fingerprint density at radius 1 is 0.350 bits per heavy atom. The van der Waals surface area contributed by atoms with Gasteiger partial charge >= 0.3 is 17.9 Å². The minimum absolute atomic E-state index is 0.0810. The molecule has 348 valence electrons. The largest absolute Gasteiger partial charge is 0.462 e. The van der Waals surface area contributed by atoms with Gasteiger partial charge in [0.2, 0.25) is 0 Å². The quantitative estimate of drug-likeness (QED) is 0.0263. The summed E-state index contributed by atoms with van der Waals surface area (Å²) < 4.78 is 16.8. The van der Waals surface area contributed by atoms with Crippen molar-refractivity contribution in [2.75, 3.05) is 13.2 Å². The van der Waals surface area contributed by atoms with Crippen LogP contribution in [0.5, 0.6) is 0 Å². The van der Waals surface area contributed by atoms with Crippen molar-refractivity contribution in [3.63, 3.8) is 0 Å². The molecular weight excluding hydrogens is 745 g/mol. The summed E-state index contributed by atoms with van der Waals surface area (Å²) in [4.78, 5) is 37.9. The second-order valence-corrected chi connectivity index (χ2v) is 17.1. The highest BCUT2D eigenvalue weighted by Crippen LogP contribution is 2.15. The minimum Gasteiger partial charge on any atom is -0.462 e. The Kier molecular flexibility index (Phi) is 46.9. The molecule has 6 nitrogen and oxygen atoms in total. The molecule has 0 aliphatic carbocycles. The highest BCUT2D eigenvalue weighted by molar-refractivity contribution is 5.71. The number of rotatable bonds is 46. The van der Waals surface area contributed by atoms with E-state index in [9.17, 15) is 14.4 Å². The molecule has 6 heteroatoms. The smallest absolute Gasteiger partial charge is 0.306 e. The number of carbonyl (C=O) groups excluding carboxylic acids is 3. The average Bonchev–Trinajstić information content (AvgIpc) is 3.24. The van der Waals surface area contributed by atoms with E-state index in [1.807, 2.05) is 0 Å². The molecule has 0 spiro atoms. The van der Waals surface area contributed by atoms with Crippen LogP contribution in [-0.2, 0) is 28.6 Å². The zero-order valence-electron chi connectivity index (χ0n) is 39.7. The maximum absolute atomic E-state index is 12.8. The van der Waals surface area contributed by atoms with Crippen molar-refractivity contribution in [1.29, 1.82) is 0 Å². The Morgan fingerprint density at radius 3 is 1.07 bits per heavy atom. The molecule has 0 aromatic heterocycles. The van der Waals surface area contributed by atoms with Gasteiger partial charge in [-0.25, -0.2) is 0 Å². The van der Waals surface area contributed by atoms with Crippen molar-refractivity contribution in [3.05, 3.63) is 48.6 Å². The molecule has 0 bridgehead atoms. The van der Waals surface area contributed by atoms with Crippen LogP contribution in [0.4, 0.5) is 0 Å². The lowest BCUT2D eigenvalue weighted by molar-refractivity contribution is -0.167. The molecule has 1 unspecified atom stereocenters. The van der Waals surface area contributed by atoms with Gasteiger partial charge in [-0.1, -0.05) is 211 Å². The van der Waals surface area contributed by atoms with E-state index in [4.69, 9.17) is 14.2 Å². The Hall–Kier alpha value is -2.63. The Bertz CT molecular complexity index is 1060. The van der Waals surface area contributed by atoms with Gasteiger partial charge in [0.1, 0.15) is 13.2 Å². The monoisotopic (exact) mass is 841 g/mol. The molecule has 60 heavy (non-hydrogen) atoms. The average molecular weight is 841 g/mol. The lowest BCUT2D eigenvalue weighted by Crippen LogP contribution is -2.30. The van der Waals surface area contributed by atoms with E-state index >= 15 is 0 Å². The van der Waals surface area contributed by atoms with Crippen LogP contribution >= 0.6 is 0 Å². The van der Waals surface area contributed by atoms with E-state index in [1.165, 1.54) is 116 Å². The van der Waals surface area contributed by atoms with Crippen molar-refractivity contribution in [2.45, 2.75) is 264 Å². The van der Waals surface area contributed by atoms with Gasteiger partial charge in [-0.2, -0.15) is 0 Å². The zero-order valence-corrected chi connectivity index (χ0v) is 39.7. The second kappa shape index (κ2) is 49.0. The standard InChI is InChI=1S/C54H96O6/c1-4-7-10-13-16-19-22-25-27-29-32-35-38-41-44-47-53(56)59-50-51(49-58-52(55)46-43-40-37-34-31-24-21-18-15-12-9-6-3)60-54(57)48-45-42-39-36-33-30-28-26-23-20-17-14-11-8-5-2/h7,10,16,18-19,21,25,27,51H,4-6,8-9,11-15,17,20,22-24,26,28-50H2,1-3H3/b10-7-,19-16-,21-18-,27-25-. The number of esters is 3. The molecule has 0 aromatic carbocycles. The number of hydrogen-bond donors (Lipinski definition) is 0. The number of ether oxygens (including phenoxy) is 3. The third-order valence-corrected chi connectivity index (χ3v) is 11.1. The van der Waals surface area contributed by atoms with Crippen LogP contribution < -0.4 is 0 Å². The van der Waals surface area contributed by atoms with Crippen LogP contribution in [0.25, 0.3) is 0 Å². The molecule has 1 atom stereocenters. The normalized spacial score (nSPS) is 12.4. The van der Waals surface area contributed by atoms with Crippen LogP contribution in [0.15, 0.2) is 48.6 Å². The fraction of sp³-hybridized carbons (Fsp3) is 0.796. The summed E-state index contributed by atoms with van der Waals surface area (Å²) in [7, 11) is 0. The number of unbranched alkanes of at least 4 members (excludes halogenated alkanes) is 27. The lowest BCUT2D eigenvalue weighted by Gasteiger charge is -2.18. The van der Waals surface area contributed by atoms with Crippen LogP contribution in [0.1, 0.15) is 258 Å². The second-order valence-electron chi connectivity index (χ2n) is 17.1. The highest BCUT2D eigenvalue weighted by atomic mass is 16.6. The Balaban J connectivity index is 4.39. The van der Waals surface area contributed by atoms with E-state index in [-0.39, 0.29) is 31.1 Å². The van der Waals surface area contributed by atoms with Crippen LogP contribution in [-0.4, -0.2) is 37.2 Å². The summed E-state index contributed by atoms with van der Waals surface area (Å²) in [5, 5.41) is 0. The molecule has 0 radical (unpaired) electrons. The highest BCUT2D eigenvalue weighted by Gasteiger charge is 2.19. The Morgan fingerprint density at radius 2 is 0.650 bits per heavy atom. The fourth-order valence-corrected chi connectivity index (χ4v) is 7.22. The van der Waals surface area contributed by atoms with Gasteiger partial charge < -0.3 is 14.2 Å². The third kappa shape index (κ3) is 46.4. The van der Waals surface area contributed by atoms with Gasteiger partial charge in [0.05, 0.1) is 0 Å². The molecule has 0 fully saturated rings. The topological polar surface area (TPSA) is 78.9 Å². The first-order chi connectivity index (χ1) is 29.5. The SMILES string of the molecule is CC/C=C\C/C=C\C/C=C\CCCCCCCC(=O)OCC(COC(=O)CCCCCCC/C=C\CCCCC)OC(=O)CCCCCCCCCCCCCCCCC. The van der Waals surface area contributed by atoms with Crippen molar-refractivity contribution in [2.24, 2.45) is 0 Å². The van der Waals surface area contributed by atoms with Crippen LogP contribution in [0.2, 0.25) is 0 Å². The van der Waals surface area contributed by atoms with Crippen molar-refractivity contribution < 1.29 is 28.6 Å². The first kappa shape index (κ1) is 57.4. The van der Waals surface area contributed by atoms with Crippen LogP contribution in [0.3, 0.4) is 0 Å². The summed E-state index contributed by atoms with van der Waals surface area (Å²) in [5.74, 6) is -0.899. The molecule has 0 rings (SSSR count). The molecule has 0 N–H and O–H groups in total. The van der Waals surface area contributed by atoms with Crippen molar-refractivity contribution in [1.82, 2.24) is 0 Å². The summed E-state index contributed by atoms with van der Waals surface area (Å²) in [6.07, 6.45) is 58.0. The molecule has 0 amide bonds. The fourth-order valence-electron chi connectivity index (χ4n) is 7.22. The van der Waals surface area contributed by atoms with Gasteiger partial charge in [-0.05, 0) is 77.0 Å². The first-order valence-corrected chi connectivity index (χ1v) is 25.6. The first-order valence-electron chi connectivity index (χ1n) is 25.6. The van der Waals surface area contributed by atoms with Crippen molar-refractivity contribution in [3.8, 4) is 0 Å². The molecule has 0 aromatic rings. The lowest BCUT2D eigenvalue weighted by atomic mass is 10.0. The molecule has 0 saturated carbocycles. The van der Waals surface area contributed by atoms with Gasteiger partial charge in [0.15, 0.2) is 6.10 Å². The molecular formula is C54H96O6. The van der Waals surface area contributed by atoms with Crippen LogP contribution in [0, 0.1) is 0 Å². The molecule has 0 aliphatic rings. The number of allylic oxidation sites excluding steroid dienone is 8. The van der Waals surface area contributed by atoms with E-state index in [0.717, 1.165) is 103 Å². The molecule has 0 saturated heterocycles. The van der Waals surface area contributed by atoms with E-state index in [2.05, 4.69) is 69.4 Å². The van der Waals surface area contributed by atoms with Gasteiger partial charge in [-0.3, -0.25) is 14.4 Å². The summed E-state index contributed by atoms with van der Waals surface area (Å²) in [5.41, 5.74) is 0. The summed E-state index contributed by atoms with van der Waals surface area (Å²) in [6.45, 7) is 6.49. The maximum Gasteiger partial charge on any atom is 0.306 e. The van der Waals surface area contributed by atoms with Gasteiger partial charge in [0.25, 0.3) is 0 Å². The van der Waals surface area contributed by atoms with E-state index in [0.29, 0.717) is 19.3 Å². The molecule has 0 heterocycles.